The van der Waals surface area contributed by atoms with Gasteiger partial charge >= 0.3 is 0 Å². The highest BCUT2D eigenvalue weighted by atomic mass is 32.2. The molecule has 1 amide bonds. The number of carbonyl (C=O) groups is 1. The van der Waals surface area contributed by atoms with Crippen molar-refractivity contribution >= 4 is 17.7 Å². The minimum Gasteiger partial charge on any atom is -0.493 e. The fourth-order valence-corrected chi connectivity index (χ4v) is 3.26. The highest BCUT2D eigenvalue weighted by molar-refractivity contribution is 8.00. The van der Waals surface area contributed by atoms with Crippen LogP contribution in [0.1, 0.15) is 18.1 Å². The van der Waals surface area contributed by atoms with Crippen LogP contribution in [0.2, 0.25) is 0 Å². The first-order valence-corrected chi connectivity index (χ1v) is 9.88. The zero-order chi connectivity index (χ0) is 19.6. The van der Waals surface area contributed by atoms with Crippen molar-refractivity contribution in [1.29, 1.82) is 0 Å². The van der Waals surface area contributed by atoms with E-state index in [0.29, 0.717) is 24.7 Å². The number of hydrogen-bond acceptors (Lipinski definition) is 5. The number of amides is 1. The van der Waals surface area contributed by atoms with Gasteiger partial charge in [-0.3, -0.25) is 4.79 Å². The minimum absolute atomic E-state index is 0.00526. The first-order chi connectivity index (χ1) is 13.0. The van der Waals surface area contributed by atoms with Crippen LogP contribution in [0.3, 0.4) is 0 Å². The quantitative estimate of drug-likeness (QED) is 0.626. The number of benzene rings is 2. The smallest absolute Gasteiger partial charge is 0.233 e. The highest BCUT2D eigenvalue weighted by Crippen LogP contribution is 2.27. The number of nitrogens with one attached hydrogen (secondary N) is 1. The largest absolute Gasteiger partial charge is 0.493 e. The van der Waals surface area contributed by atoms with Gasteiger partial charge in [0.1, 0.15) is 5.75 Å². The van der Waals surface area contributed by atoms with Crippen molar-refractivity contribution < 1.29 is 19.0 Å². The van der Waals surface area contributed by atoms with E-state index in [1.807, 2.05) is 56.3 Å². The molecule has 0 aliphatic heterocycles. The summed E-state index contributed by atoms with van der Waals surface area (Å²) in [4.78, 5) is 12.3. The van der Waals surface area contributed by atoms with Crippen molar-refractivity contribution in [2.75, 3.05) is 26.6 Å². The second kappa shape index (κ2) is 10.7. The molecule has 0 saturated carbocycles. The van der Waals surface area contributed by atoms with E-state index in [-0.39, 0.29) is 11.2 Å². The van der Waals surface area contributed by atoms with Gasteiger partial charge in [-0.1, -0.05) is 24.3 Å². The zero-order valence-corrected chi connectivity index (χ0v) is 17.1. The van der Waals surface area contributed by atoms with E-state index in [1.54, 1.807) is 26.0 Å². The van der Waals surface area contributed by atoms with Gasteiger partial charge in [0, 0.05) is 12.3 Å². The molecule has 5 nitrogen and oxygen atoms in total. The number of thioether (sulfide) groups is 1. The first kappa shape index (κ1) is 21.0. The first-order valence-electron chi connectivity index (χ1n) is 8.83. The van der Waals surface area contributed by atoms with Crippen molar-refractivity contribution in [1.82, 2.24) is 5.32 Å². The topological polar surface area (TPSA) is 56.8 Å². The Hall–Kier alpha value is -2.34. The van der Waals surface area contributed by atoms with Gasteiger partial charge in [0.15, 0.2) is 11.5 Å². The summed E-state index contributed by atoms with van der Waals surface area (Å²) in [6, 6.07) is 13.5. The van der Waals surface area contributed by atoms with Crippen molar-refractivity contribution in [2.45, 2.75) is 25.6 Å². The maximum atomic E-state index is 12.3. The molecule has 0 aliphatic carbocycles. The van der Waals surface area contributed by atoms with Crippen LogP contribution < -0.4 is 19.5 Å². The monoisotopic (exact) mass is 389 g/mol. The molecule has 27 heavy (non-hydrogen) atoms. The molecule has 0 aliphatic rings. The molecule has 0 spiro atoms. The second-order valence-electron chi connectivity index (χ2n) is 6.03. The Balaban J connectivity index is 1.73. The van der Waals surface area contributed by atoms with Crippen LogP contribution in [0.4, 0.5) is 0 Å². The van der Waals surface area contributed by atoms with Gasteiger partial charge in [-0.2, -0.15) is 0 Å². The Labute approximate surface area is 165 Å². The predicted molar refractivity (Wildman–Crippen MR) is 110 cm³/mol. The summed E-state index contributed by atoms with van der Waals surface area (Å²) in [7, 11) is 3.19. The van der Waals surface area contributed by atoms with Gasteiger partial charge in [0.2, 0.25) is 5.91 Å². The van der Waals surface area contributed by atoms with Crippen LogP contribution in [-0.4, -0.2) is 37.7 Å². The molecule has 2 rings (SSSR count). The van der Waals surface area contributed by atoms with Crippen molar-refractivity contribution in [3.8, 4) is 17.2 Å². The number of methoxy groups -OCH3 is 2. The van der Waals surface area contributed by atoms with E-state index in [9.17, 15) is 4.79 Å². The number of carbonyl (C=O) groups excluding carboxylic acids is 1. The third kappa shape index (κ3) is 6.40. The molecular formula is C21H27NO4S. The third-order valence-electron chi connectivity index (χ3n) is 4.09. The van der Waals surface area contributed by atoms with Crippen molar-refractivity contribution in [2.24, 2.45) is 0 Å². The average molecular weight is 390 g/mol. The summed E-state index contributed by atoms with van der Waals surface area (Å²) >= 11 is 1.58. The van der Waals surface area contributed by atoms with Crippen LogP contribution in [0.25, 0.3) is 0 Å². The third-order valence-corrected chi connectivity index (χ3v) is 5.20. The lowest BCUT2D eigenvalue weighted by Crippen LogP contribution is -2.31. The van der Waals surface area contributed by atoms with Crippen LogP contribution in [0.5, 0.6) is 17.2 Å². The Morgan fingerprint density at radius 2 is 1.81 bits per heavy atom. The summed E-state index contributed by atoms with van der Waals surface area (Å²) in [6.07, 6.45) is 0. The second-order valence-corrected chi connectivity index (χ2v) is 7.48. The molecule has 0 saturated heterocycles. The van der Waals surface area contributed by atoms with Gasteiger partial charge in [-0.15, -0.1) is 11.8 Å². The van der Waals surface area contributed by atoms with Crippen LogP contribution in [-0.2, 0) is 11.3 Å². The summed E-state index contributed by atoms with van der Waals surface area (Å²) in [5.74, 6) is 2.97. The fraction of sp³-hybridized carbons (Fsp3) is 0.381. The van der Waals surface area contributed by atoms with Crippen molar-refractivity contribution in [3.63, 3.8) is 0 Å². The van der Waals surface area contributed by atoms with Crippen molar-refractivity contribution in [3.05, 3.63) is 53.6 Å². The van der Waals surface area contributed by atoms with E-state index in [4.69, 9.17) is 14.2 Å². The summed E-state index contributed by atoms with van der Waals surface area (Å²) in [6.45, 7) is 4.95. The number of hydrogen-bond donors (Lipinski definition) is 1. The molecular weight excluding hydrogens is 362 g/mol. The molecule has 1 atom stereocenters. The van der Waals surface area contributed by atoms with Crippen LogP contribution in [0.15, 0.2) is 42.5 Å². The number of rotatable bonds is 10. The predicted octanol–water partition coefficient (Wildman–Crippen LogP) is 3.83. The van der Waals surface area contributed by atoms with Gasteiger partial charge in [0.05, 0.1) is 26.1 Å². The molecule has 0 aromatic heterocycles. The molecule has 1 unspecified atom stereocenters. The van der Waals surface area contributed by atoms with E-state index >= 15 is 0 Å². The molecule has 0 radical (unpaired) electrons. The van der Waals surface area contributed by atoms with Gasteiger partial charge in [-0.25, -0.2) is 0 Å². The summed E-state index contributed by atoms with van der Waals surface area (Å²) in [5, 5.41) is 2.81. The SMILES string of the molecule is COc1ccc(CNC(=O)C(C)SCCOc2ccccc2C)cc1OC. The maximum Gasteiger partial charge on any atom is 0.233 e. The van der Waals surface area contributed by atoms with Crippen LogP contribution in [0, 0.1) is 6.92 Å². The molecule has 1 N–H and O–H groups in total. The van der Waals surface area contributed by atoms with Gasteiger partial charge in [0.25, 0.3) is 0 Å². The molecule has 0 bridgehead atoms. The highest BCUT2D eigenvalue weighted by Gasteiger charge is 2.13. The summed E-state index contributed by atoms with van der Waals surface area (Å²) < 4.78 is 16.3. The summed E-state index contributed by atoms with van der Waals surface area (Å²) in [5.41, 5.74) is 2.07. The number of aryl methyl sites for hydroxylation is 1. The molecule has 0 fully saturated rings. The Morgan fingerprint density at radius 1 is 1.07 bits per heavy atom. The lowest BCUT2D eigenvalue weighted by Gasteiger charge is -2.14. The molecule has 2 aromatic carbocycles. The van der Waals surface area contributed by atoms with Gasteiger partial charge in [-0.05, 0) is 43.2 Å². The lowest BCUT2D eigenvalue weighted by molar-refractivity contribution is -0.120. The van der Waals surface area contributed by atoms with E-state index in [1.165, 1.54) is 0 Å². The number of para-hydroxylation sites is 1. The minimum atomic E-state index is -0.148. The number of ether oxygens (including phenoxy) is 3. The van der Waals surface area contributed by atoms with E-state index in [0.717, 1.165) is 22.6 Å². The Kier molecular flexibility index (Phi) is 8.33. The lowest BCUT2D eigenvalue weighted by atomic mass is 10.2. The van der Waals surface area contributed by atoms with E-state index < -0.39 is 0 Å². The maximum absolute atomic E-state index is 12.3. The molecule has 0 heterocycles. The standard InChI is InChI=1S/C21H27NO4S/c1-15-7-5-6-8-18(15)26-11-12-27-16(2)21(23)22-14-17-9-10-19(24-3)20(13-17)25-4/h5-10,13,16H,11-12,14H2,1-4H3,(H,22,23). The zero-order valence-electron chi connectivity index (χ0n) is 16.3. The molecule has 146 valence electrons. The van der Waals surface area contributed by atoms with Crippen LogP contribution >= 0.6 is 11.8 Å². The Bertz CT molecular complexity index is 751. The Morgan fingerprint density at radius 3 is 2.52 bits per heavy atom. The molecule has 6 heteroatoms. The molecule has 2 aromatic rings. The normalized spacial score (nSPS) is 11.6. The van der Waals surface area contributed by atoms with Gasteiger partial charge < -0.3 is 19.5 Å². The van der Waals surface area contributed by atoms with E-state index in [2.05, 4.69) is 5.32 Å². The fourth-order valence-electron chi connectivity index (χ4n) is 2.49. The average Bonchev–Trinajstić information content (AvgIpc) is 2.70.